The highest BCUT2D eigenvalue weighted by atomic mass is 16.5. The Bertz CT molecular complexity index is 463. The van der Waals surface area contributed by atoms with Gasteiger partial charge in [-0.3, -0.25) is 0 Å². The van der Waals surface area contributed by atoms with Crippen molar-refractivity contribution in [2.24, 2.45) is 40.4 Å². The highest BCUT2D eigenvalue weighted by molar-refractivity contribution is 5.11. The van der Waals surface area contributed by atoms with E-state index in [9.17, 15) is 5.11 Å². The molecule has 0 aromatic heterocycles. The molecule has 9 atom stereocenters. The van der Waals surface area contributed by atoms with Crippen LogP contribution < -0.4 is 0 Å². The molecule has 0 heterocycles. The lowest BCUT2D eigenvalue weighted by Gasteiger charge is -2.62. The van der Waals surface area contributed by atoms with Gasteiger partial charge in [0.25, 0.3) is 0 Å². The van der Waals surface area contributed by atoms with E-state index in [1.165, 1.54) is 38.5 Å². The molecular formula is C21H36O2. The summed E-state index contributed by atoms with van der Waals surface area (Å²) in [5.41, 5.74) is 0.898. The maximum atomic E-state index is 10.2. The molecule has 0 amide bonds. The lowest BCUT2D eigenvalue weighted by atomic mass is 9.44. The minimum atomic E-state index is -0.0500. The molecule has 1 N–H and O–H groups in total. The Kier molecular flexibility index (Phi) is 3.89. The number of aliphatic hydroxyl groups excluding tert-OH is 1. The molecule has 0 spiro atoms. The van der Waals surface area contributed by atoms with Crippen LogP contribution in [0.4, 0.5) is 0 Å². The van der Waals surface area contributed by atoms with Crippen LogP contribution in [0.2, 0.25) is 0 Å². The van der Waals surface area contributed by atoms with Crippen LogP contribution in [0.3, 0.4) is 0 Å². The monoisotopic (exact) mass is 320 g/mol. The summed E-state index contributed by atoms with van der Waals surface area (Å²) in [5.74, 6) is 4.07. The van der Waals surface area contributed by atoms with Crippen LogP contribution >= 0.6 is 0 Å². The molecule has 0 aromatic rings. The first-order chi connectivity index (χ1) is 10.9. The smallest absolute Gasteiger partial charge is 0.0612 e. The maximum Gasteiger partial charge on any atom is 0.0612 e. The van der Waals surface area contributed by atoms with Gasteiger partial charge in [-0.2, -0.15) is 0 Å². The predicted molar refractivity (Wildman–Crippen MR) is 93.1 cm³/mol. The molecule has 2 nitrogen and oxygen atoms in total. The first kappa shape index (κ1) is 16.4. The fourth-order valence-electron chi connectivity index (χ4n) is 7.80. The topological polar surface area (TPSA) is 29.5 Å². The zero-order chi connectivity index (χ0) is 16.4. The third-order valence-corrected chi connectivity index (χ3v) is 9.32. The highest BCUT2D eigenvalue weighted by Crippen LogP contribution is 2.67. The van der Waals surface area contributed by atoms with Gasteiger partial charge in [-0.05, 0) is 91.8 Å². The van der Waals surface area contributed by atoms with Crippen LogP contribution in [-0.2, 0) is 4.74 Å². The molecule has 4 aliphatic rings. The summed E-state index contributed by atoms with van der Waals surface area (Å²) < 4.78 is 6.16. The van der Waals surface area contributed by atoms with E-state index in [4.69, 9.17) is 4.74 Å². The van der Waals surface area contributed by atoms with Crippen molar-refractivity contribution < 1.29 is 9.84 Å². The number of hydrogen-bond acceptors (Lipinski definition) is 2. The van der Waals surface area contributed by atoms with Gasteiger partial charge in [0.1, 0.15) is 0 Å². The van der Waals surface area contributed by atoms with Gasteiger partial charge in [-0.15, -0.1) is 0 Å². The number of methoxy groups -OCH3 is 1. The van der Waals surface area contributed by atoms with Gasteiger partial charge in [0.05, 0.1) is 12.2 Å². The Morgan fingerprint density at radius 2 is 1.78 bits per heavy atom. The lowest BCUT2D eigenvalue weighted by molar-refractivity contribution is -0.184. The molecule has 0 radical (unpaired) electrons. The van der Waals surface area contributed by atoms with Crippen molar-refractivity contribution in [1.82, 2.24) is 0 Å². The molecule has 23 heavy (non-hydrogen) atoms. The number of fused-ring (bicyclic) bond motifs is 5. The standard InChI is InChI=1S/C21H36O2/c1-13-5-8-17-16-7-6-14-11-15(22)9-10-20(14,2)19(16)18(23-4)12-21(13,17)3/h13-19,22H,5-12H2,1-4H3/t13?,14?,15-,16+,17+,18?,19-,20+,21-/m1/s1. The normalized spacial score (nSPS) is 59.1. The molecule has 132 valence electrons. The number of aliphatic hydroxyl groups is 1. The fraction of sp³-hybridized carbons (Fsp3) is 1.00. The molecule has 0 saturated heterocycles. The quantitative estimate of drug-likeness (QED) is 0.762. The summed E-state index contributed by atoms with van der Waals surface area (Å²) in [6.45, 7) is 7.60. The van der Waals surface area contributed by atoms with E-state index in [0.29, 0.717) is 22.9 Å². The van der Waals surface area contributed by atoms with E-state index in [1.807, 2.05) is 7.11 Å². The molecule has 2 heteroatoms. The van der Waals surface area contributed by atoms with Crippen molar-refractivity contribution in [3.63, 3.8) is 0 Å². The van der Waals surface area contributed by atoms with Crippen LogP contribution in [0, 0.1) is 40.4 Å². The Morgan fingerprint density at radius 3 is 2.52 bits per heavy atom. The largest absolute Gasteiger partial charge is 0.393 e. The van der Waals surface area contributed by atoms with Gasteiger partial charge < -0.3 is 9.84 Å². The van der Waals surface area contributed by atoms with E-state index >= 15 is 0 Å². The lowest BCUT2D eigenvalue weighted by Crippen LogP contribution is -2.59. The summed E-state index contributed by atoms with van der Waals surface area (Å²) in [4.78, 5) is 0. The predicted octanol–water partition coefficient (Wildman–Crippen LogP) is 4.65. The van der Waals surface area contributed by atoms with Crippen LogP contribution in [-0.4, -0.2) is 24.4 Å². The summed E-state index contributed by atoms with van der Waals surface area (Å²) in [6.07, 6.45) is 10.5. The first-order valence-corrected chi connectivity index (χ1v) is 10.1. The van der Waals surface area contributed by atoms with Gasteiger partial charge >= 0.3 is 0 Å². The van der Waals surface area contributed by atoms with Crippen molar-refractivity contribution in [3.05, 3.63) is 0 Å². The second-order valence-corrected chi connectivity index (χ2v) is 9.97. The van der Waals surface area contributed by atoms with Crippen molar-refractivity contribution in [1.29, 1.82) is 0 Å². The third-order valence-electron chi connectivity index (χ3n) is 9.32. The number of rotatable bonds is 1. The van der Waals surface area contributed by atoms with E-state index < -0.39 is 0 Å². The summed E-state index contributed by atoms with van der Waals surface area (Å²) >= 11 is 0. The van der Waals surface area contributed by atoms with Gasteiger partial charge in [0.2, 0.25) is 0 Å². The summed E-state index contributed by atoms with van der Waals surface area (Å²) in [7, 11) is 1.95. The van der Waals surface area contributed by atoms with E-state index in [2.05, 4.69) is 20.8 Å². The van der Waals surface area contributed by atoms with Crippen LogP contribution in [0.25, 0.3) is 0 Å². The molecule has 4 saturated carbocycles. The fourth-order valence-corrected chi connectivity index (χ4v) is 7.80. The molecule has 4 fully saturated rings. The maximum absolute atomic E-state index is 10.2. The van der Waals surface area contributed by atoms with Crippen LogP contribution in [0.5, 0.6) is 0 Å². The Balaban J connectivity index is 1.70. The van der Waals surface area contributed by atoms with Crippen LogP contribution in [0.1, 0.15) is 72.1 Å². The summed E-state index contributed by atoms with van der Waals surface area (Å²) in [6, 6.07) is 0. The molecule has 4 rings (SSSR count). The van der Waals surface area contributed by atoms with Crippen molar-refractivity contribution in [2.45, 2.75) is 84.3 Å². The van der Waals surface area contributed by atoms with Gasteiger partial charge in [0, 0.05) is 7.11 Å². The molecular weight excluding hydrogens is 284 g/mol. The second kappa shape index (κ2) is 5.46. The first-order valence-electron chi connectivity index (χ1n) is 10.1. The Labute approximate surface area is 142 Å². The van der Waals surface area contributed by atoms with E-state index in [1.54, 1.807) is 0 Å². The number of ether oxygens (including phenoxy) is 1. The zero-order valence-electron chi connectivity index (χ0n) is 15.6. The summed E-state index contributed by atoms with van der Waals surface area (Å²) in [5, 5.41) is 10.2. The minimum absolute atomic E-state index is 0.0500. The van der Waals surface area contributed by atoms with E-state index in [-0.39, 0.29) is 6.10 Å². The molecule has 4 aliphatic carbocycles. The SMILES string of the molecule is COC1C[C@]2(C)C(C)CC[C@H]2[C@@H]2CCC3C[C@H](O)CC[C@]3(C)[C@@H]12. The third kappa shape index (κ3) is 2.20. The van der Waals surface area contributed by atoms with Crippen molar-refractivity contribution >= 4 is 0 Å². The van der Waals surface area contributed by atoms with Gasteiger partial charge in [0.15, 0.2) is 0 Å². The van der Waals surface area contributed by atoms with Crippen molar-refractivity contribution in [3.8, 4) is 0 Å². The average molecular weight is 321 g/mol. The molecule has 0 aliphatic heterocycles. The van der Waals surface area contributed by atoms with Gasteiger partial charge in [-0.1, -0.05) is 20.8 Å². The van der Waals surface area contributed by atoms with Crippen molar-refractivity contribution in [2.75, 3.05) is 7.11 Å². The molecule has 3 unspecified atom stereocenters. The molecule has 0 bridgehead atoms. The highest BCUT2D eigenvalue weighted by Gasteiger charge is 2.62. The average Bonchev–Trinajstić information content (AvgIpc) is 2.82. The molecule has 0 aromatic carbocycles. The zero-order valence-corrected chi connectivity index (χ0v) is 15.6. The van der Waals surface area contributed by atoms with Crippen LogP contribution in [0.15, 0.2) is 0 Å². The number of hydrogen-bond donors (Lipinski definition) is 1. The van der Waals surface area contributed by atoms with Gasteiger partial charge in [-0.25, -0.2) is 0 Å². The Morgan fingerprint density at radius 1 is 1.00 bits per heavy atom. The Hall–Kier alpha value is -0.0800. The van der Waals surface area contributed by atoms with E-state index in [0.717, 1.165) is 36.5 Å². The minimum Gasteiger partial charge on any atom is -0.393 e. The second-order valence-electron chi connectivity index (χ2n) is 9.97.